The Morgan fingerprint density at radius 2 is 0.848 bits per heavy atom. The highest BCUT2D eigenvalue weighted by molar-refractivity contribution is 5.95. The number of fused-ring (bicyclic) bond motifs is 10. The van der Waals surface area contributed by atoms with Crippen molar-refractivity contribution >= 4 is 0 Å². The van der Waals surface area contributed by atoms with Gasteiger partial charge in [0, 0.05) is 0 Å². The Balaban J connectivity index is 1.57. The predicted octanol–water partition coefficient (Wildman–Crippen LogP) is 8.31. The van der Waals surface area contributed by atoms with E-state index in [0.717, 1.165) is 0 Å². The lowest BCUT2D eigenvalue weighted by atomic mass is 9.70. The van der Waals surface area contributed by atoms with Crippen molar-refractivity contribution in [3.05, 3.63) is 143 Å². The fourth-order valence-corrected chi connectivity index (χ4v) is 6.20. The first kappa shape index (κ1) is 18.7. The van der Waals surface area contributed by atoms with Gasteiger partial charge in [-0.2, -0.15) is 0 Å². The zero-order valence-corrected chi connectivity index (χ0v) is 18.9. The minimum atomic E-state index is -0.249. The highest BCUT2D eigenvalue weighted by Gasteiger charge is 2.51. The molecule has 0 nitrogen and oxygen atoms in total. The average Bonchev–Trinajstić information content (AvgIpc) is 3.33. The molecule has 0 unspecified atom stereocenters. The van der Waals surface area contributed by atoms with Crippen LogP contribution in [-0.2, 0) is 5.41 Å². The Hall–Kier alpha value is -3.90. The molecule has 0 N–H and O–H groups in total. The summed E-state index contributed by atoms with van der Waals surface area (Å²) in [5, 5.41) is 0. The normalized spacial score (nSPS) is 14.0. The van der Waals surface area contributed by atoms with Crippen LogP contribution in [0.15, 0.2) is 109 Å². The maximum atomic E-state index is 2.41. The molecule has 1 spiro atoms. The van der Waals surface area contributed by atoms with Crippen LogP contribution in [0.4, 0.5) is 0 Å². The molecule has 33 heavy (non-hydrogen) atoms. The van der Waals surface area contributed by atoms with Crippen molar-refractivity contribution in [2.24, 2.45) is 0 Å². The summed E-state index contributed by atoms with van der Waals surface area (Å²) in [5.41, 5.74) is 16.0. The standard InChI is InChI=1S/C33H24/c1-21-15-16-23(19-22(21)2)24-17-18-32-28(20-24)27-11-5-8-14-31(27)33(32)29-12-6-3-9-25(29)26-10-4-7-13-30(26)33/h3-20H,1-2H3. The van der Waals surface area contributed by atoms with Crippen LogP contribution in [0.5, 0.6) is 0 Å². The van der Waals surface area contributed by atoms with E-state index in [1.807, 2.05) is 0 Å². The summed E-state index contributed by atoms with van der Waals surface area (Å²) in [6.07, 6.45) is 0. The highest BCUT2D eigenvalue weighted by Crippen LogP contribution is 2.62. The van der Waals surface area contributed by atoms with Gasteiger partial charge in [-0.3, -0.25) is 0 Å². The largest absolute Gasteiger partial charge is 0.0725 e. The Bertz CT molecular complexity index is 1540. The molecule has 156 valence electrons. The van der Waals surface area contributed by atoms with E-state index < -0.39 is 0 Å². The first-order chi connectivity index (χ1) is 16.2. The van der Waals surface area contributed by atoms with Crippen molar-refractivity contribution in [3.63, 3.8) is 0 Å². The second-order valence-corrected chi connectivity index (χ2v) is 9.45. The molecule has 0 bridgehead atoms. The molecule has 0 heteroatoms. The zero-order chi connectivity index (χ0) is 22.2. The van der Waals surface area contributed by atoms with Crippen LogP contribution in [0, 0.1) is 13.8 Å². The molecule has 0 saturated heterocycles. The summed E-state index contributed by atoms with van der Waals surface area (Å²) in [4.78, 5) is 0. The predicted molar refractivity (Wildman–Crippen MR) is 138 cm³/mol. The van der Waals surface area contributed by atoms with Crippen molar-refractivity contribution in [2.75, 3.05) is 0 Å². The third kappa shape index (κ3) is 2.31. The summed E-state index contributed by atoms with van der Waals surface area (Å²) in [5.74, 6) is 0. The fourth-order valence-electron chi connectivity index (χ4n) is 6.20. The zero-order valence-electron chi connectivity index (χ0n) is 18.9. The van der Waals surface area contributed by atoms with Gasteiger partial charge in [-0.15, -0.1) is 0 Å². The lowest BCUT2D eigenvalue weighted by molar-refractivity contribution is 0.794. The topological polar surface area (TPSA) is 0 Å². The lowest BCUT2D eigenvalue weighted by Gasteiger charge is -2.30. The molecular formula is C33H24. The first-order valence-electron chi connectivity index (χ1n) is 11.7. The summed E-state index contributed by atoms with van der Waals surface area (Å²) in [7, 11) is 0. The van der Waals surface area contributed by atoms with Gasteiger partial charge >= 0.3 is 0 Å². The lowest BCUT2D eigenvalue weighted by Crippen LogP contribution is -2.25. The molecule has 0 heterocycles. The van der Waals surface area contributed by atoms with Crippen LogP contribution >= 0.6 is 0 Å². The van der Waals surface area contributed by atoms with Gasteiger partial charge in [0.2, 0.25) is 0 Å². The number of rotatable bonds is 1. The van der Waals surface area contributed by atoms with Crippen LogP contribution in [0.3, 0.4) is 0 Å². The molecule has 2 aliphatic rings. The summed E-state index contributed by atoms with van der Waals surface area (Å²) < 4.78 is 0. The van der Waals surface area contributed by atoms with Crippen molar-refractivity contribution < 1.29 is 0 Å². The maximum absolute atomic E-state index is 2.41. The molecule has 0 atom stereocenters. The van der Waals surface area contributed by atoms with Crippen molar-refractivity contribution in [1.29, 1.82) is 0 Å². The second-order valence-electron chi connectivity index (χ2n) is 9.45. The fraction of sp³-hybridized carbons (Fsp3) is 0.0909. The summed E-state index contributed by atoms with van der Waals surface area (Å²) in [6.45, 7) is 4.37. The highest BCUT2D eigenvalue weighted by atomic mass is 14.5. The van der Waals surface area contributed by atoms with Crippen LogP contribution in [0.25, 0.3) is 33.4 Å². The third-order valence-electron chi connectivity index (χ3n) is 7.84. The van der Waals surface area contributed by atoms with Crippen molar-refractivity contribution in [1.82, 2.24) is 0 Å². The first-order valence-corrected chi connectivity index (χ1v) is 11.7. The van der Waals surface area contributed by atoms with Gasteiger partial charge in [0.1, 0.15) is 0 Å². The maximum Gasteiger partial charge on any atom is 0.0725 e. The van der Waals surface area contributed by atoms with Gasteiger partial charge in [-0.1, -0.05) is 103 Å². The third-order valence-corrected chi connectivity index (χ3v) is 7.84. The monoisotopic (exact) mass is 420 g/mol. The van der Waals surface area contributed by atoms with Gasteiger partial charge in [0.05, 0.1) is 5.41 Å². The number of benzene rings is 5. The van der Waals surface area contributed by atoms with Gasteiger partial charge < -0.3 is 0 Å². The smallest absolute Gasteiger partial charge is 0.0619 e. The van der Waals surface area contributed by atoms with Crippen LogP contribution in [-0.4, -0.2) is 0 Å². The molecule has 0 aliphatic heterocycles. The van der Waals surface area contributed by atoms with Crippen LogP contribution in [0.2, 0.25) is 0 Å². The Kier molecular flexibility index (Phi) is 3.71. The molecule has 5 aromatic rings. The van der Waals surface area contributed by atoms with E-state index in [0.29, 0.717) is 0 Å². The molecule has 7 rings (SSSR count). The molecule has 5 aromatic carbocycles. The van der Waals surface area contributed by atoms with E-state index in [1.165, 1.54) is 66.8 Å². The SMILES string of the molecule is Cc1ccc(-c2ccc3c(c2)-c2ccccc2C32c3ccccc3-c3ccccc32)cc1C. The van der Waals surface area contributed by atoms with E-state index in [1.54, 1.807) is 0 Å². The number of hydrogen-bond donors (Lipinski definition) is 0. The van der Waals surface area contributed by atoms with Crippen molar-refractivity contribution in [3.8, 4) is 33.4 Å². The van der Waals surface area contributed by atoms with Gasteiger partial charge in [0.25, 0.3) is 0 Å². The molecule has 2 aliphatic carbocycles. The molecule has 0 aromatic heterocycles. The second kappa shape index (κ2) is 6.56. The minimum absolute atomic E-state index is 0.249. The molecular weight excluding hydrogens is 396 g/mol. The number of aryl methyl sites for hydroxylation is 2. The van der Waals surface area contributed by atoms with E-state index in [9.17, 15) is 0 Å². The van der Waals surface area contributed by atoms with E-state index in [2.05, 4.69) is 123 Å². The van der Waals surface area contributed by atoms with E-state index in [4.69, 9.17) is 0 Å². The average molecular weight is 421 g/mol. The molecule has 0 saturated carbocycles. The van der Waals surface area contributed by atoms with Crippen LogP contribution < -0.4 is 0 Å². The molecule has 0 amide bonds. The molecule has 0 fully saturated rings. The van der Waals surface area contributed by atoms with E-state index >= 15 is 0 Å². The van der Waals surface area contributed by atoms with Crippen molar-refractivity contribution in [2.45, 2.75) is 19.3 Å². The van der Waals surface area contributed by atoms with Gasteiger partial charge in [-0.25, -0.2) is 0 Å². The van der Waals surface area contributed by atoms with Gasteiger partial charge in [-0.05, 0) is 86.7 Å². The molecule has 0 radical (unpaired) electrons. The minimum Gasteiger partial charge on any atom is -0.0619 e. The summed E-state index contributed by atoms with van der Waals surface area (Å²) >= 11 is 0. The Morgan fingerprint density at radius 1 is 0.394 bits per heavy atom. The Morgan fingerprint density at radius 3 is 1.42 bits per heavy atom. The summed E-state index contributed by atoms with van der Waals surface area (Å²) in [6, 6.07) is 40.9. The quantitative estimate of drug-likeness (QED) is 0.250. The Labute approximate surface area is 195 Å². The van der Waals surface area contributed by atoms with Crippen LogP contribution in [0.1, 0.15) is 33.4 Å². The number of hydrogen-bond acceptors (Lipinski definition) is 0. The van der Waals surface area contributed by atoms with E-state index in [-0.39, 0.29) is 5.41 Å². The van der Waals surface area contributed by atoms with Gasteiger partial charge in [0.15, 0.2) is 0 Å².